The largest absolute Gasteiger partial charge is 0.497 e. The molecule has 0 spiro atoms. The molecule has 1 amide bonds. The molecule has 0 aliphatic rings. The van der Waals surface area contributed by atoms with Gasteiger partial charge in [-0.1, -0.05) is 17.7 Å². The zero-order chi connectivity index (χ0) is 24.7. The van der Waals surface area contributed by atoms with E-state index in [1.807, 2.05) is 31.2 Å². The number of amides is 1. The number of ether oxygens (including phenoxy) is 2. The summed E-state index contributed by atoms with van der Waals surface area (Å²) in [5, 5.41) is 2.75. The minimum absolute atomic E-state index is 0.0267. The van der Waals surface area contributed by atoms with E-state index >= 15 is 0 Å². The Hall–Kier alpha value is -3.59. The fourth-order valence-corrected chi connectivity index (χ4v) is 4.57. The maximum Gasteiger partial charge on any atom is 0.264 e. The number of carbonyl (C=O) groups excluding carboxylic acids is 1. The number of nitrogens with one attached hydrogen (secondary N) is 1. The molecule has 34 heavy (non-hydrogen) atoms. The molecule has 1 unspecified atom stereocenters. The van der Waals surface area contributed by atoms with Crippen molar-refractivity contribution in [3.63, 3.8) is 0 Å². The van der Waals surface area contributed by atoms with E-state index in [0.29, 0.717) is 11.5 Å². The number of methoxy groups -OCH3 is 1. The number of aryl methyl sites for hydroxylation is 1. The lowest BCUT2D eigenvalue weighted by molar-refractivity contribution is -0.120. The van der Waals surface area contributed by atoms with Crippen LogP contribution in [0.3, 0.4) is 0 Å². The number of hydrogen-bond acceptors (Lipinski definition) is 5. The maximum absolute atomic E-state index is 13.5. The molecule has 0 radical (unpaired) electrons. The van der Waals surface area contributed by atoms with E-state index in [9.17, 15) is 17.6 Å². The van der Waals surface area contributed by atoms with E-state index in [1.165, 1.54) is 43.5 Å². The summed E-state index contributed by atoms with van der Waals surface area (Å²) >= 11 is 0. The topological polar surface area (TPSA) is 84.9 Å². The van der Waals surface area contributed by atoms with Crippen LogP contribution in [0, 0.1) is 12.7 Å². The highest BCUT2D eigenvalue weighted by atomic mass is 32.2. The Bertz CT molecular complexity index is 1200. The average molecular weight is 487 g/mol. The first kappa shape index (κ1) is 25.0. The normalized spacial score (nSPS) is 12.0. The van der Waals surface area contributed by atoms with Crippen LogP contribution in [-0.2, 0) is 14.8 Å². The first-order valence-electron chi connectivity index (χ1n) is 10.6. The standard InChI is InChI=1S/C25H27FN2O5S/c1-18-4-10-23(11-5-18)33-17-19(2)27-25(29)16-28(21-8-6-20(26)7-9-21)34(30,31)24-14-12-22(32-3)13-15-24/h4-15,19H,16-17H2,1-3H3,(H,27,29). The molecule has 1 atom stereocenters. The minimum Gasteiger partial charge on any atom is -0.497 e. The lowest BCUT2D eigenvalue weighted by Crippen LogP contribution is -2.45. The van der Waals surface area contributed by atoms with Crippen LogP contribution in [0.25, 0.3) is 0 Å². The van der Waals surface area contributed by atoms with Gasteiger partial charge in [-0.05, 0) is 74.5 Å². The molecule has 0 bridgehead atoms. The Balaban J connectivity index is 1.74. The van der Waals surface area contributed by atoms with Crippen molar-refractivity contribution in [2.45, 2.75) is 24.8 Å². The highest BCUT2D eigenvalue weighted by Gasteiger charge is 2.28. The third-order valence-corrected chi connectivity index (χ3v) is 6.77. The quantitative estimate of drug-likeness (QED) is 0.470. The lowest BCUT2D eigenvalue weighted by atomic mass is 10.2. The first-order valence-corrected chi connectivity index (χ1v) is 12.0. The number of sulfonamides is 1. The predicted octanol–water partition coefficient (Wildman–Crippen LogP) is 3.92. The van der Waals surface area contributed by atoms with E-state index in [4.69, 9.17) is 9.47 Å². The van der Waals surface area contributed by atoms with Gasteiger partial charge in [-0.15, -0.1) is 0 Å². The van der Waals surface area contributed by atoms with Crippen LogP contribution >= 0.6 is 0 Å². The Kier molecular flexibility index (Phi) is 8.12. The molecule has 0 saturated heterocycles. The Morgan fingerprint density at radius 1 is 0.971 bits per heavy atom. The van der Waals surface area contributed by atoms with Crippen LogP contribution in [0.15, 0.2) is 77.7 Å². The third kappa shape index (κ3) is 6.48. The van der Waals surface area contributed by atoms with Gasteiger partial charge in [0.25, 0.3) is 10.0 Å². The second-order valence-electron chi connectivity index (χ2n) is 7.76. The molecule has 0 heterocycles. The summed E-state index contributed by atoms with van der Waals surface area (Å²) in [7, 11) is -2.64. The smallest absolute Gasteiger partial charge is 0.264 e. The Morgan fingerprint density at radius 3 is 2.15 bits per heavy atom. The molecule has 1 N–H and O–H groups in total. The predicted molar refractivity (Wildman–Crippen MR) is 128 cm³/mol. The Labute approximate surface area is 199 Å². The maximum atomic E-state index is 13.5. The SMILES string of the molecule is COc1ccc(S(=O)(=O)N(CC(=O)NC(C)COc2ccc(C)cc2)c2ccc(F)cc2)cc1. The van der Waals surface area contributed by atoms with Crippen molar-refractivity contribution in [2.75, 3.05) is 24.6 Å². The van der Waals surface area contributed by atoms with E-state index in [1.54, 1.807) is 6.92 Å². The molecule has 0 aliphatic carbocycles. The zero-order valence-electron chi connectivity index (χ0n) is 19.2. The number of hydrogen-bond donors (Lipinski definition) is 1. The second kappa shape index (κ2) is 11.0. The van der Waals surface area contributed by atoms with E-state index in [-0.39, 0.29) is 23.2 Å². The van der Waals surface area contributed by atoms with Crippen molar-refractivity contribution in [3.05, 3.63) is 84.2 Å². The average Bonchev–Trinajstić information content (AvgIpc) is 2.83. The van der Waals surface area contributed by atoms with Crippen LogP contribution in [0.1, 0.15) is 12.5 Å². The Morgan fingerprint density at radius 2 is 1.56 bits per heavy atom. The zero-order valence-corrected chi connectivity index (χ0v) is 20.0. The van der Waals surface area contributed by atoms with Gasteiger partial charge in [-0.3, -0.25) is 9.10 Å². The van der Waals surface area contributed by atoms with Gasteiger partial charge >= 0.3 is 0 Å². The van der Waals surface area contributed by atoms with Gasteiger partial charge in [0, 0.05) is 0 Å². The summed E-state index contributed by atoms with van der Waals surface area (Å²) in [5.41, 5.74) is 1.27. The van der Waals surface area contributed by atoms with Gasteiger partial charge < -0.3 is 14.8 Å². The lowest BCUT2D eigenvalue weighted by Gasteiger charge is -2.25. The van der Waals surface area contributed by atoms with E-state index in [2.05, 4.69) is 5.32 Å². The molecular weight excluding hydrogens is 459 g/mol. The fraction of sp³-hybridized carbons (Fsp3) is 0.240. The van der Waals surface area contributed by atoms with Crippen molar-refractivity contribution in [1.82, 2.24) is 5.32 Å². The number of halogens is 1. The van der Waals surface area contributed by atoms with Crippen molar-refractivity contribution >= 4 is 21.6 Å². The summed E-state index contributed by atoms with van der Waals surface area (Å²) < 4.78 is 51.9. The molecule has 3 aromatic rings. The van der Waals surface area contributed by atoms with Gasteiger partial charge in [0.2, 0.25) is 5.91 Å². The van der Waals surface area contributed by atoms with Crippen LogP contribution in [0.4, 0.5) is 10.1 Å². The summed E-state index contributed by atoms with van der Waals surface area (Å²) in [4.78, 5) is 12.7. The molecule has 0 aromatic heterocycles. The summed E-state index contributed by atoms with van der Waals surface area (Å²) in [5.74, 6) is 0.118. The first-order chi connectivity index (χ1) is 16.2. The summed E-state index contributed by atoms with van der Waals surface area (Å²) in [6.45, 7) is 3.44. The molecule has 3 aromatic carbocycles. The van der Waals surface area contributed by atoms with Gasteiger partial charge in [0.15, 0.2) is 0 Å². The van der Waals surface area contributed by atoms with E-state index < -0.39 is 28.3 Å². The molecular formula is C25H27FN2O5S. The number of benzene rings is 3. The number of anilines is 1. The van der Waals surface area contributed by atoms with Crippen LogP contribution in [-0.4, -0.2) is 40.6 Å². The molecule has 9 heteroatoms. The third-order valence-electron chi connectivity index (χ3n) is 4.98. The van der Waals surface area contributed by atoms with Crippen LogP contribution in [0.2, 0.25) is 0 Å². The summed E-state index contributed by atoms with van der Waals surface area (Å²) in [6.07, 6.45) is 0. The van der Waals surface area contributed by atoms with Crippen molar-refractivity contribution in [3.8, 4) is 11.5 Å². The summed E-state index contributed by atoms with van der Waals surface area (Å²) in [6, 6.07) is 17.8. The molecule has 0 saturated carbocycles. The van der Waals surface area contributed by atoms with Crippen molar-refractivity contribution < 1.29 is 27.1 Å². The molecule has 7 nitrogen and oxygen atoms in total. The van der Waals surface area contributed by atoms with Gasteiger partial charge in [-0.25, -0.2) is 12.8 Å². The van der Waals surface area contributed by atoms with Crippen molar-refractivity contribution in [2.24, 2.45) is 0 Å². The minimum atomic E-state index is -4.12. The molecule has 180 valence electrons. The highest BCUT2D eigenvalue weighted by molar-refractivity contribution is 7.92. The van der Waals surface area contributed by atoms with Crippen LogP contribution in [0.5, 0.6) is 11.5 Å². The van der Waals surface area contributed by atoms with Crippen molar-refractivity contribution in [1.29, 1.82) is 0 Å². The number of carbonyl (C=O) groups is 1. The number of nitrogens with zero attached hydrogens (tertiary/aromatic N) is 1. The van der Waals surface area contributed by atoms with Gasteiger partial charge in [0.1, 0.15) is 30.5 Å². The monoisotopic (exact) mass is 486 g/mol. The molecule has 0 fully saturated rings. The van der Waals surface area contributed by atoms with Gasteiger partial charge in [-0.2, -0.15) is 0 Å². The highest BCUT2D eigenvalue weighted by Crippen LogP contribution is 2.25. The van der Waals surface area contributed by atoms with Crippen LogP contribution < -0.4 is 19.1 Å². The number of rotatable bonds is 10. The molecule has 3 rings (SSSR count). The van der Waals surface area contributed by atoms with Gasteiger partial charge in [0.05, 0.1) is 23.7 Å². The van der Waals surface area contributed by atoms with E-state index in [0.717, 1.165) is 22.0 Å². The second-order valence-corrected chi connectivity index (χ2v) is 9.62. The molecule has 0 aliphatic heterocycles. The fourth-order valence-electron chi connectivity index (χ4n) is 3.15.